The number of carbonyl (C=O) groups excluding carboxylic acids is 3. The summed E-state index contributed by atoms with van der Waals surface area (Å²) >= 11 is 0. The van der Waals surface area contributed by atoms with E-state index < -0.39 is 23.7 Å². The fourth-order valence-electron chi connectivity index (χ4n) is 4.05. The molecule has 1 fully saturated rings. The van der Waals surface area contributed by atoms with Crippen LogP contribution in [0.4, 0.5) is 0 Å². The molecule has 2 heterocycles. The molecule has 3 rings (SSSR count). The molecule has 1 N–H and O–H groups in total. The molecule has 1 aliphatic rings. The number of aromatic nitrogens is 1. The second-order valence-electron chi connectivity index (χ2n) is 7.72. The Hall–Kier alpha value is -3.52. The van der Waals surface area contributed by atoms with Gasteiger partial charge in [0, 0.05) is 24.5 Å². The highest BCUT2D eigenvalue weighted by atomic mass is 16.5. The van der Waals surface area contributed by atoms with Crippen molar-refractivity contribution in [1.29, 1.82) is 0 Å². The summed E-state index contributed by atoms with van der Waals surface area (Å²) in [6.07, 6.45) is 3.70. The van der Waals surface area contributed by atoms with Crippen molar-refractivity contribution in [3.8, 4) is 0 Å². The fourth-order valence-corrected chi connectivity index (χ4v) is 4.05. The van der Waals surface area contributed by atoms with Crippen molar-refractivity contribution < 1.29 is 24.2 Å². The minimum absolute atomic E-state index is 0.0276. The van der Waals surface area contributed by atoms with Crippen molar-refractivity contribution in [3.63, 3.8) is 0 Å². The van der Waals surface area contributed by atoms with Gasteiger partial charge >= 0.3 is 5.97 Å². The van der Waals surface area contributed by atoms with Gasteiger partial charge in [0.05, 0.1) is 24.3 Å². The van der Waals surface area contributed by atoms with Gasteiger partial charge < -0.3 is 19.6 Å². The number of aliphatic hydroxyl groups excluding tert-OH is 1. The van der Waals surface area contributed by atoms with Gasteiger partial charge in [-0.2, -0.15) is 0 Å². The minimum atomic E-state index is -0.762. The van der Waals surface area contributed by atoms with Gasteiger partial charge in [0.15, 0.2) is 0 Å². The summed E-state index contributed by atoms with van der Waals surface area (Å²) in [5, 5.41) is 11.0. The first-order valence-corrected chi connectivity index (χ1v) is 11.0. The van der Waals surface area contributed by atoms with Gasteiger partial charge in [-0.15, -0.1) is 0 Å². The highest BCUT2D eigenvalue weighted by molar-refractivity contribution is 6.46. The van der Waals surface area contributed by atoms with E-state index >= 15 is 0 Å². The third kappa shape index (κ3) is 5.12. The third-order valence-corrected chi connectivity index (χ3v) is 5.91. The van der Waals surface area contributed by atoms with E-state index in [2.05, 4.69) is 23.7 Å². The SMILES string of the molecule is CCN(CC)CCCN1C(=O)C(=O)/C(=C(/O)c2ccncc2)C1c1ccc(C(=O)OC)cc1. The lowest BCUT2D eigenvalue weighted by atomic mass is 9.95. The van der Waals surface area contributed by atoms with Crippen LogP contribution in [0.2, 0.25) is 0 Å². The molecule has 1 saturated heterocycles. The summed E-state index contributed by atoms with van der Waals surface area (Å²) in [4.78, 5) is 45.6. The maximum absolute atomic E-state index is 13.0. The Morgan fingerprint density at radius 3 is 2.27 bits per heavy atom. The molecule has 0 bridgehead atoms. The number of esters is 1. The average Bonchev–Trinajstić information content (AvgIpc) is 3.11. The van der Waals surface area contributed by atoms with Crippen molar-refractivity contribution in [2.24, 2.45) is 0 Å². The van der Waals surface area contributed by atoms with Crippen LogP contribution in [0.1, 0.15) is 47.8 Å². The predicted octanol–water partition coefficient (Wildman–Crippen LogP) is 3.02. The molecule has 174 valence electrons. The summed E-state index contributed by atoms with van der Waals surface area (Å²) in [5.74, 6) is -2.10. The van der Waals surface area contributed by atoms with E-state index in [-0.39, 0.29) is 11.3 Å². The van der Waals surface area contributed by atoms with E-state index in [1.807, 2.05) is 0 Å². The number of amides is 1. The molecule has 8 nitrogen and oxygen atoms in total. The van der Waals surface area contributed by atoms with E-state index in [1.165, 1.54) is 24.4 Å². The molecule has 0 aliphatic carbocycles. The third-order valence-electron chi connectivity index (χ3n) is 5.91. The van der Waals surface area contributed by atoms with Crippen molar-refractivity contribution >= 4 is 23.4 Å². The van der Waals surface area contributed by atoms with E-state index in [1.54, 1.807) is 36.4 Å². The number of likely N-dealkylation sites (tertiary alicyclic amines) is 1. The van der Waals surface area contributed by atoms with Crippen LogP contribution in [0.25, 0.3) is 5.76 Å². The number of rotatable bonds is 9. The van der Waals surface area contributed by atoms with Gasteiger partial charge in [0.1, 0.15) is 5.76 Å². The summed E-state index contributed by atoms with van der Waals surface area (Å²) in [5.41, 5.74) is 1.41. The summed E-state index contributed by atoms with van der Waals surface area (Å²) in [6.45, 7) is 7.10. The monoisotopic (exact) mass is 451 g/mol. The number of carbonyl (C=O) groups is 3. The maximum Gasteiger partial charge on any atom is 0.337 e. The molecule has 0 spiro atoms. The van der Waals surface area contributed by atoms with Crippen LogP contribution in [0.15, 0.2) is 54.4 Å². The molecule has 1 unspecified atom stereocenters. The second kappa shape index (κ2) is 10.9. The van der Waals surface area contributed by atoms with Gasteiger partial charge in [-0.3, -0.25) is 14.6 Å². The first-order valence-electron chi connectivity index (χ1n) is 11.0. The first kappa shape index (κ1) is 24.1. The van der Waals surface area contributed by atoms with E-state index in [4.69, 9.17) is 4.74 Å². The normalized spacial score (nSPS) is 17.6. The highest BCUT2D eigenvalue weighted by Gasteiger charge is 2.45. The summed E-state index contributed by atoms with van der Waals surface area (Å²) < 4.78 is 4.75. The molecule has 1 atom stereocenters. The Labute approximate surface area is 193 Å². The van der Waals surface area contributed by atoms with Crippen LogP contribution in [0.5, 0.6) is 0 Å². The van der Waals surface area contributed by atoms with Crippen LogP contribution in [-0.2, 0) is 14.3 Å². The molecule has 1 aromatic heterocycles. The van der Waals surface area contributed by atoms with Gasteiger partial charge in [0.2, 0.25) is 0 Å². The number of Topliss-reactive ketones (excluding diaryl/α,β-unsaturated/α-hetero) is 1. The standard InChI is InChI=1S/C25H29N3O5/c1-4-27(5-2)15-6-16-28-21(17-7-9-19(10-8-17)25(32)33-3)20(23(30)24(28)31)22(29)18-11-13-26-14-12-18/h7-14,21,29H,4-6,15-16H2,1-3H3/b22-20+. The van der Waals surface area contributed by atoms with Crippen LogP contribution < -0.4 is 0 Å². The quantitative estimate of drug-likeness (QED) is 0.271. The molecular weight excluding hydrogens is 422 g/mol. The Balaban J connectivity index is 2.02. The Morgan fingerprint density at radius 1 is 1.06 bits per heavy atom. The van der Waals surface area contributed by atoms with Crippen molar-refractivity contribution in [2.75, 3.05) is 33.3 Å². The van der Waals surface area contributed by atoms with Crippen LogP contribution >= 0.6 is 0 Å². The number of nitrogens with zero attached hydrogens (tertiary/aromatic N) is 3. The molecule has 8 heteroatoms. The van der Waals surface area contributed by atoms with E-state index in [9.17, 15) is 19.5 Å². The second-order valence-corrected chi connectivity index (χ2v) is 7.72. The fraction of sp³-hybridized carbons (Fsp3) is 0.360. The lowest BCUT2D eigenvalue weighted by Crippen LogP contribution is -2.33. The summed E-state index contributed by atoms with van der Waals surface area (Å²) in [7, 11) is 1.30. The van der Waals surface area contributed by atoms with E-state index in [0.717, 1.165) is 19.6 Å². The molecule has 2 aromatic rings. The molecule has 1 aliphatic heterocycles. The number of ketones is 1. The number of pyridine rings is 1. The van der Waals surface area contributed by atoms with Crippen molar-refractivity contribution in [2.45, 2.75) is 26.3 Å². The lowest BCUT2D eigenvalue weighted by molar-refractivity contribution is -0.140. The largest absolute Gasteiger partial charge is 0.507 e. The first-order chi connectivity index (χ1) is 15.9. The zero-order valence-corrected chi connectivity index (χ0v) is 19.2. The number of aliphatic hydroxyl groups is 1. The predicted molar refractivity (Wildman–Crippen MR) is 123 cm³/mol. The number of hydrogen-bond acceptors (Lipinski definition) is 7. The molecule has 1 aromatic carbocycles. The smallest absolute Gasteiger partial charge is 0.337 e. The van der Waals surface area contributed by atoms with Crippen molar-refractivity contribution in [1.82, 2.24) is 14.8 Å². The van der Waals surface area contributed by atoms with Gasteiger partial charge in [-0.1, -0.05) is 26.0 Å². The molecule has 1 amide bonds. The lowest BCUT2D eigenvalue weighted by Gasteiger charge is -2.27. The summed E-state index contributed by atoms with van der Waals surface area (Å²) in [6, 6.07) is 8.94. The van der Waals surface area contributed by atoms with Gasteiger partial charge in [-0.05, 0) is 55.9 Å². The topological polar surface area (TPSA) is 100 Å². The van der Waals surface area contributed by atoms with Crippen LogP contribution in [-0.4, -0.2) is 70.8 Å². The number of methoxy groups -OCH3 is 1. The number of hydrogen-bond donors (Lipinski definition) is 1. The maximum atomic E-state index is 13.0. The zero-order valence-electron chi connectivity index (χ0n) is 19.2. The highest BCUT2D eigenvalue weighted by Crippen LogP contribution is 2.39. The Kier molecular flexibility index (Phi) is 7.95. The molecule has 0 saturated carbocycles. The van der Waals surface area contributed by atoms with Crippen molar-refractivity contribution in [3.05, 3.63) is 71.1 Å². The Morgan fingerprint density at radius 2 is 1.70 bits per heavy atom. The van der Waals surface area contributed by atoms with E-state index in [0.29, 0.717) is 29.7 Å². The molecular formula is C25H29N3O5. The molecule has 0 radical (unpaired) electrons. The molecule has 33 heavy (non-hydrogen) atoms. The van der Waals surface area contributed by atoms with Crippen LogP contribution in [0, 0.1) is 0 Å². The minimum Gasteiger partial charge on any atom is -0.507 e. The van der Waals surface area contributed by atoms with Gasteiger partial charge in [0.25, 0.3) is 11.7 Å². The number of ether oxygens (including phenoxy) is 1. The Bertz CT molecular complexity index is 1030. The average molecular weight is 452 g/mol. The van der Waals surface area contributed by atoms with Gasteiger partial charge in [-0.25, -0.2) is 4.79 Å². The van der Waals surface area contributed by atoms with Crippen LogP contribution in [0.3, 0.4) is 0 Å². The number of benzene rings is 1. The zero-order chi connectivity index (χ0) is 24.0.